The van der Waals surface area contributed by atoms with Gasteiger partial charge in [0.1, 0.15) is 17.4 Å². The van der Waals surface area contributed by atoms with Crippen molar-refractivity contribution in [2.24, 2.45) is 0 Å². The zero-order valence-corrected chi connectivity index (χ0v) is 11.6. The van der Waals surface area contributed by atoms with Gasteiger partial charge in [-0.1, -0.05) is 0 Å². The number of rotatable bonds is 2. The molecule has 0 N–H and O–H groups in total. The molecule has 0 radical (unpaired) electrons. The zero-order chi connectivity index (χ0) is 14.1. The SMILES string of the molecule is c1cnc2c(c1)nc(C1CCCCO1)n2-c1ccncc1. The van der Waals surface area contributed by atoms with Gasteiger partial charge in [-0.05, 0) is 43.5 Å². The number of nitrogens with zero attached hydrogens (tertiary/aromatic N) is 4. The van der Waals surface area contributed by atoms with E-state index in [1.807, 2.05) is 24.3 Å². The summed E-state index contributed by atoms with van der Waals surface area (Å²) in [6, 6.07) is 7.86. The van der Waals surface area contributed by atoms with Crippen LogP contribution in [-0.2, 0) is 4.74 Å². The first kappa shape index (κ1) is 12.5. The predicted octanol–water partition coefficient (Wildman–Crippen LogP) is 3.06. The first-order valence-corrected chi connectivity index (χ1v) is 7.29. The van der Waals surface area contributed by atoms with E-state index in [4.69, 9.17) is 9.72 Å². The van der Waals surface area contributed by atoms with Gasteiger partial charge in [0, 0.05) is 25.2 Å². The fraction of sp³-hybridized carbons (Fsp3) is 0.312. The molecule has 5 heteroatoms. The summed E-state index contributed by atoms with van der Waals surface area (Å²) < 4.78 is 8.02. The van der Waals surface area contributed by atoms with E-state index in [0.717, 1.165) is 42.1 Å². The van der Waals surface area contributed by atoms with E-state index in [9.17, 15) is 0 Å². The molecule has 4 rings (SSSR count). The number of pyridine rings is 2. The molecule has 1 fully saturated rings. The smallest absolute Gasteiger partial charge is 0.164 e. The number of ether oxygens (including phenoxy) is 1. The molecule has 0 bridgehead atoms. The normalized spacial score (nSPS) is 19.0. The highest BCUT2D eigenvalue weighted by molar-refractivity contribution is 5.73. The molecular weight excluding hydrogens is 264 g/mol. The maximum absolute atomic E-state index is 5.93. The third kappa shape index (κ3) is 2.19. The van der Waals surface area contributed by atoms with Crippen LogP contribution in [0.3, 0.4) is 0 Å². The van der Waals surface area contributed by atoms with Gasteiger partial charge in [0.15, 0.2) is 5.65 Å². The van der Waals surface area contributed by atoms with E-state index in [1.54, 1.807) is 18.6 Å². The van der Waals surface area contributed by atoms with Crippen molar-refractivity contribution in [1.29, 1.82) is 0 Å². The van der Waals surface area contributed by atoms with Crippen LogP contribution in [0.2, 0.25) is 0 Å². The van der Waals surface area contributed by atoms with Crippen molar-refractivity contribution < 1.29 is 4.74 Å². The zero-order valence-electron chi connectivity index (χ0n) is 11.6. The molecule has 0 saturated carbocycles. The Kier molecular flexibility index (Phi) is 3.12. The quantitative estimate of drug-likeness (QED) is 0.724. The average Bonchev–Trinajstić information content (AvgIpc) is 2.96. The number of aromatic nitrogens is 4. The predicted molar refractivity (Wildman–Crippen MR) is 79.2 cm³/mol. The molecule has 3 aromatic heterocycles. The molecule has 0 aliphatic carbocycles. The molecule has 5 nitrogen and oxygen atoms in total. The Morgan fingerprint density at radius 2 is 2.00 bits per heavy atom. The van der Waals surface area contributed by atoms with Gasteiger partial charge in [-0.15, -0.1) is 0 Å². The summed E-state index contributed by atoms with van der Waals surface area (Å²) in [6.07, 6.45) is 8.73. The monoisotopic (exact) mass is 280 g/mol. The third-order valence-corrected chi connectivity index (χ3v) is 3.83. The number of imidazole rings is 1. The van der Waals surface area contributed by atoms with Crippen molar-refractivity contribution >= 4 is 11.2 Å². The first-order valence-electron chi connectivity index (χ1n) is 7.29. The van der Waals surface area contributed by atoms with E-state index in [-0.39, 0.29) is 6.10 Å². The lowest BCUT2D eigenvalue weighted by Gasteiger charge is -2.22. The van der Waals surface area contributed by atoms with Crippen LogP contribution in [0.25, 0.3) is 16.9 Å². The van der Waals surface area contributed by atoms with Gasteiger partial charge in [-0.3, -0.25) is 9.55 Å². The summed E-state index contributed by atoms with van der Waals surface area (Å²) in [5.41, 5.74) is 2.79. The second kappa shape index (κ2) is 5.26. The Hall–Kier alpha value is -2.27. The molecule has 1 aliphatic heterocycles. The molecule has 4 heterocycles. The molecule has 1 atom stereocenters. The van der Waals surface area contributed by atoms with E-state index in [0.29, 0.717) is 0 Å². The minimum Gasteiger partial charge on any atom is -0.370 e. The molecule has 1 unspecified atom stereocenters. The van der Waals surface area contributed by atoms with Crippen LogP contribution < -0.4 is 0 Å². The van der Waals surface area contributed by atoms with E-state index >= 15 is 0 Å². The van der Waals surface area contributed by atoms with Crippen LogP contribution in [0.15, 0.2) is 42.9 Å². The Balaban J connectivity index is 1.92. The van der Waals surface area contributed by atoms with Crippen LogP contribution in [-0.4, -0.2) is 26.1 Å². The molecule has 3 aromatic rings. The molecule has 0 amide bonds. The van der Waals surface area contributed by atoms with Crippen LogP contribution >= 0.6 is 0 Å². The van der Waals surface area contributed by atoms with Gasteiger partial charge in [-0.25, -0.2) is 9.97 Å². The highest BCUT2D eigenvalue weighted by Gasteiger charge is 2.24. The summed E-state index contributed by atoms with van der Waals surface area (Å²) in [6.45, 7) is 0.803. The standard InChI is InChI=1S/C16H16N4O/c1-2-11-21-14(5-1)16-19-13-4-3-8-18-15(13)20(16)12-6-9-17-10-7-12/h3-4,6-10,14H,1-2,5,11H2. The Labute approximate surface area is 122 Å². The maximum atomic E-state index is 5.93. The highest BCUT2D eigenvalue weighted by atomic mass is 16.5. The fourth-order valence-electron chi connectivity index (χ4n) is 2.84. The minimum atomic E-state index is 0.0427. The Bertz CT molecular complexity index is 747. The molecule has 21 heavy (non-hydrogen) atoms. The van der Waals surface area contributed by atoms with Gasteiger partial charge in [0.05, 0.1) is 5.69 Å². The second-order valence-corrected chi connectivity index (χ2v) is 5.21. The van der Waals surface area contributed by atoms with Crippen molar-refractivity contribution in [2.45, 2.75) is 25.4 Å². The average molecular weight is 280 g/mol. The first-order chi connectivity index (χ1) is 10.4. The molecule has 1 aliphatic rings. The minimum absolute atomic E-state index is 0.0427. The molecule has 106 valence electrons. The van der Waals surface area contributed by atoms with Gasteiger partial charge >= 0.3 is 0 Å². The van der Waals surface area contributed by atoms with Gasteiger partial charge in [0.2, 0.25) is 0 Å². The maximum Gasteiger partial charge on any atom is 0.164 e. The molecule has 0 aromatic carbocycles. The molecule has 0 spiro atoms. The van der Waals surface area contributed by atoms with Crippen molar-refractivity contribution in [2.75, 3.05) is 6.61 Å². The van der Waals surface area contributed by atoms with Gasteiger partial charge < -0.3 is 4.74 Å². The topological polar surface area (TPSA) is 52.8 Å². The fourth-order valence-corrected chi connectivity index (χ4v) is 2.84. The largest absolute Gasteiger partial charge is 0.370 e. The van der Waals surface area contributed by atoms with E-state index in [2.05, 4.69) is 14.5 Å². The van der Waals surface area contributed by atoms with Gasteiger partial charge in [0.25, 0.3) is 0 Å². The number of hydrogen-bond donors (Lipinski definition) is 0. The summed E-state index contributed by atoms with van der Waals surface area (Å²) in [7, 11) is 0. The van der Waals surface area contributed by atoms with Crippen LogP contribution in [0.1, 0.15) is 31.2 Å². The summed E-state index contributed by atoms with van der Waals surface area (Å²) in [5.74, 6) is 0.939. The summed E-state index contributed by atoms with van der Waals surface area (Å²) >= 11 is 0. The van der Waals surface area contributed by atoms with Crippen LogP contribution in [0, 0.1) is 0 Å². The molecular formula is C16H16N4O. The molecule has 1 saturated heterocycles. The lowest BCUT2D eigenvalue weighted by Crippen LogP contribution is -2.16. The lowest BCUT2D eigenvalue weighted by atomic mass is 10.1. The van der Waals surface area contributed by atoms with Crippen molar-refractivity contribution in [3.63, 3.8) is 0 Å². The van der Waals surface area contributed by atoms with Gasteiger partial charge in [-0.2, -0.15) is 0 Å². The van der Waals surface area contributed by atoms with E-state index < -0.39 is 0 Å². The number of fused-ring (bicyclic) bond motifs is 1. The summed E-state index contributed by atoms with van der Waals surface area (Å²) in [5, 5.41) is 0. The Morgan fingerprint density at radius 1 is 1.10 bits per heavy atom. The summed E-state index contributed by atoms with van der Waals surface area (Å²) in [4.78, 5) is 13.4. The third-order valence-electron chi connectivity index (χ3n) is 3.83. The van der Waals surface area contributed by atoms with Crippen molar-refractivity contribution in [3.8, 4) is 5.69 Å². The van der Waals surface area contributed by atoms with Crippen molar-refractivity contribution in [3.05, 3.63) is 48.7 Å². The van der Waals surface area contributed by atoms with Crippen LogP contribution in [0.5, 0.6) is 0 Å². The van der Waals surface area contributed by atoms with E-state index in [1.165, 1.54) is 6.42 Å². The highest BCUT2D eigenvalue weighted by Crippen LogP contribution is 2.31. The van der Waals surface area contributed by atoms with Crippen molar-refractivity contribution in [1.82, 2.24) is 19.5 Å². The Morgan fingerprint density at radius 3 is 2.81 bits per heavy atom. The number of hydrogen-bond acceptors (Lipinski definition) is 4. The lowest BCUT2D eigenvalue weighted by molar-refractivity contribution is 0.00886. The van der Waals surface area contributed by atoms with Crippen LogP contribution in [0.4, 0.5) is 0 Å². The second-order valence-electron chi connectivity index (χ2n) is 5.21.